The third kappa shape index (κ3) is 3.13. The summed E-state index contributed by atoms with van der Waals surface area (Å²) in [5.74, 6) is 1.51. The molecule has 4 aromatic rings. The summed E-state index contributed by atoms with van der Waals surface area (Å²) in [6, 6.07) is 14.8. The van der Waals surface area contributed by atoms with Crippen molar-refractivity contribution >= 4 is 16.9 Å². The van der Waals surface area contributed by atoms with Gasteiger partial charge in [0.25, 0.3) is 5.91 Å². The number of hydrogen-bond donors (Lipinski definition) is 1. The van der Waals surface area contributed by atoms with Crippen LogP contribution in [-0.2, 0) is 7.05 Å². The summed E-state index contributed by atoms with van der Waals surface area (Å²) in [5.41, 5.74) is 2.42. The van der Waals surface area contributed by atoms with Gasteiger partial charge in [-0.2, -0.15) is 0 Å². The van der Waals surface area contributed by atoms with E-state index in [1.54, 1.807) is 13.3 Å². The Hall–Kier alpha value is -3.54. The Kier molecular flexibility index (Phi) is 4.61. The number of nitrogens with zero attached hydrogens (tertiary/aromatic N) is 2. The van der Waals surface area contributed by atoms with Crippen molar-refractivity contribution in [2.45, 2.75) is 13.0 Å². The normalized spacial score (nSPS) is 12.1. The highest BCUT2D eigenvalue weighted by molar-refractivity contribution is 5.99. The van der Waals surface area contributed by atoms with Crippen LogP contribution in [0.15, 0.2) is 65.3 Å². The number of aromatic nitrogens is 2. The van der Waals surface area contributed by atoms with Gasteiger partial charge in [-0.15, -0.1) is 0 Å². The fourth-order valence-corrected chi connectivity index (χ4v) is 3.34. The highest BCUT2D eigenvalue weighted by Crippen LogP contribution is 2.27. The number of benzene rings is 2. The number of para-hydroxylation sites is 1. The molecule has 0 aliphatic carbocycles. The first-order valence-corrected chi connectivity index (χ1v) is 8.98. The van der Waals surface area contributed by atoms with Crippen molar-refractivity contribution in [1.82, 2.24) is 14.9 Å². The minimum absolute atomic E-state index is 0.280. The first-order valence-electron chi connectivity index (χ1n) is 8.98. The molecular formula is C22H21N3O3. The zero-order valence-corrected chi connectivity index (χ0v) is 16.0. The Morgan fingerprint density at radius 1 is 1.18 bits per heavy atom. The second-order valence-corrected chi connectivity index (χ2v) is 6.63. The van der Waals surface area contributed by atoms with E-state index >= 15 is 0 Å². The number of aryl methyl sites for hydroxylation is 2. The van der Waals surface area contributed by atoms with Gasteiger partial charge >= 0.3 is 0 Å². The van der Waals surface area contributed by atoms with Crippen molar-refractivity contribution in [2.24, 2.45) is 7.05 Å². The maximum Gasteiger partial charge on any atom is 0.288 e. The topological polar surface area (TPSA) is 69.3 Å². The average molecular weight is 375 g/mol. The summed E-state index contributed by atoms with van der Waals surface area (Å²) in [6.07, 6.45) is 3.56. The van der Waals surface area contributed by atoms with Crippen LogP contribution in [-0.4, -0.2) is 22.6 Å². The molecule has 1 amide bonds. The number of carbonyl (C=O) groups excluding carboxylic acids is 1. The Balaban J connectivity index is 1.71. The third-order valence-electron chi connectivity index (χ3n) is 4.89. The number of carbonyl (C=O) groups is 1. The molecule has 0 bridgehead atoms. The molecule has 2 aromatic heterocycles. The monoisotopic (exact) mass is 375 g/mol. The standard InChI is InChI=1S/C22H21N3O3/c1-14-17-6-4-5-7-18(17)28-20(14)22(26)24-19(21-23-12-13-25(21)2)15-8-10-16(27-3)11-9-15/h4-13,19H,1-3H3,(H,24,26)/t19-/m1/s1. The number of fused-ring (bicyclic) bond motifs is 1. The molecule has 0 spiro atoms. The second kappa shape index (κ2) is 7.23. The molecule has 4 rings (SSSR count). The molecule has 2 aromatic carbocycles. The van der Waals surface area contributed by atoms with Crippen LogP contribution in [0, 0.1) is 6.92 Å². The lowest BCUT2D eigenvalue weighted by Crippen LogP contribution is -2.31. The van der Waals surface area contributed by atoms with E-state index in [9.17, 15) is 4.79 Å². The molecule has 0 saturated carbocycles. The molecule has 1 atom stereocenters. The fourth-order valence-electron chi connectivity index (χ4n) is 3.34. The van der Waals surface area contributed by atoms with E-state index in [4.69, 9.17) is 9.15 Å². The molecule has 6 nitrogen and oxygen atoms in total. The lowest BCUT2D eigenvalue weighted by molar-refractivity contribution is 0.0914. The molecule has 0 radical (unpaired) electrons. The first kappa shape index (κ1) is 17.9. The summed E-state index contributed by atoms with van der Waals surface area (Å²) >= 11 is 0. The Bertz CT molecular complexity index is 1130. The summed E-state index contributed by atoms with van der Waals surface area (Å²) in [5, 5.41) is 4.01. The summed E-state index contributed by atoms with van der Waals surface area (Å²) < 4.78 is 13.0. The predicted molar refractivity (Wildman–Crippen MR) is 106 cm³/mol. The van der Waals surface area contributed by atoms with Crippen LogP contribution in [0.3, 0.4) is 0 Å². The van der Waals surface area contributed by atoms with E-state index in [2.05, 4.69) is 10.3 Å². The molecule has 142 valence electrons. The van der Waals surface area contributed by atoms with Crippen LogP contribution >= 0.6 is 0 Å². The molecule has 1 N–H and O–H groups in total. The van der Waals surface area contributed by atoms with Crippen molar-refractivity contribution in [3.8, 4) is 5.75 Å². The van der Waals surface area contributed by atoms with Gasteiger partial charge in [0.1, 0.15) is 23.2 Å². The average Bonchev–Trinajstić information content (AvgIpc) is 3.30. The Morgan fingerprint density at radius 2 is 1.93 bits per heavy atom. The van der Waals surface area contributed by atoms with Crippen LogP contribution in [0.2, 0.25) is 0 Å². The quantitative estimate of drug-likeness (QED) is 0.572. The number of rotatable bonds is 5. The summed E-state index contributed by atoms with van der Waals surface area (Å²) in [7, 11) is 3.52. The van der Waals surface area contributed by atoms with E-state index in [1.807, 2.05) is 73.3 Å². The van der Waals surface area contributed by atoms with E-state index in [0.29, 0.717) is 11.3 Å². The van der Waals surface area contributed by atoms with Gasteiger partial charge < -0.3 is 19.0 Å². The van der Waals surface area contributed by atoms with Crippen LogP contribution in [0.4, 0.5) is 0 Å². The predicted octanol–water partition coefficient (Wildman–Crippen LogP) is 4.00. The number of hydrogen-bond acceptors (Lipinski definition) is 4. The highest BCUT2D eigenvalue weighted by atomic mass is 16.5. The molecule has 0 aliphatic rings. The van der Waals surface area contributed by atoms with Gasteiger partial charge in [0.2, 0.25) is 0 Å². The van der Waals surface area contributed by atoms with Crippen molar-refractivity contribution in [1.29, 1.82) is 0 Å². The zero-order valence-electron chi connectivity index (χ0n) is 16.0. The molecule has 6 heteroatoms. The molecular weight excluding hydrogens is 354 g/mol. The van der Waals surface area contributed by atoms with Crippen LogP contribution in [0.1, 0.15) is 33.5 Å². The van der Waals surface area contributed by atoms with Gasteiger partial charge in [0.15, 0.2) is 5.76 Å². The number of furan rings is 1. The van der Waals surface area contributed by atoms with Crippen molar-refractivity contribution in [3.05, 3.63) is 83.6 Å². The number of nitrogens with one attached hydrogen (secondary N) is 1. The largest absolute Gasteiger partial charge is 0.497 e. The second-order valence-electron chi connectivity index (χ2n) is 6.63. The van der Waals surface area contributed by atoms with Crippen molar-refractivity contribution in [2.75, 3.05) is 7.11 Å². The molecule has 2 heterocycles. The number of imidazole rings is 1. The molecule has 0 aliphatic heterocycles. The van der Waals surface area contributed by atoms with Gasteiger partial charge in [-0.3, -0.25) is 4.79 Å². The minimum Gasteiger partial charge on any atom is -0.497 e. The lowest BCUT2D eigenvalue weighted by atomic mass is 10.1. The van der Waals surface area contributed by atoms with Gasteiger partial charge in [-0.05, 0) is 30.7 Å². The van der Waals surface area contributed by atoms with Gasteiger partial charge in [-0.25, -0.2) is 4.98 Å². The van der Waals surface area contributed by atoms with Crippen LogP contribution in [0.5, 0.6) is 5.75 Å². The molecule has 0 saturated heterocycles. The number of amides is 1. The number of methoxy groups -OCH3 is 1. The van der Waals surface area contributed by atoms with E-state index < -0.39 is 6.04 Å². The van der Waals surface area contributed by atoms with Gasteiger partial charge in [0.05, 0.1) is 7.11 Å². The smallest absolute Gasteiger partial charge is 0.288 e. The van der Waals surface area contributed by atoms with Gasteiger partial charge in [-0.1, -0.05) is 30.3 Å². The van der Waals surface area contributed by atoms with Gasteiger partial charge in [0, 0.05) is 30.4 Å². The summed E-state index contributed by atoms with van der Waals surface area (Å²) in [6.45, 7) is 1.89. The Labute approximate surface area is 162 Å². The van der Waals surface area contributed by atoms with Crippen molar-refractivity contribution < 1.29 is 13.9 Å². The minimum atomic E-state index is -0.425. The molecule has 28 heavy (non-hydrogen) atoms. The highest BCUT2D eigenvalue weighted by Gasteiger charge is 2.25. The van der Waals surface area contributed by atoms with E-state index in [0.717, 1.165) is 28.1 Å². The zero-order chi connectivity index (χ0) is 19.7. The lowest BCUT2D eigenvalue weighted by Gasteiger charge is -2.19. The summed E-state index contributed by atoms with van der Waals surface area (Å²) in [4.78, 5) is 17.5. The van der Waals surface area contributed by atoms with Crippen molar-refractivity contribution in [3.63, 3.8) is 0 Å². The van der Waals surface area contributed by atoms with Crippen LogP contribution in [0.25, 0.3) is 11.0 Å². The maximum absolute atomic E-state index is 13.1. The van der Waals surface area contributed by atoms with E-state index in [-0.39, 0.29) is 5.91 Å². The third-order valence-corrected chi connectivity index (χ3v) is 4.89. The Morgan fingerprint density at radius 3 is 2.57 bits per heavy atom. The van der Waals surface area contributed by atoms with Crippen LogP contribution < -0.4 is 10.1 Å². The molecule has 0 fully saturated rings. The first-order chi connectivity index (χ1) is 13.6. The SMILES string of the molecule is COc1ccc([C@@H](NC(=O)c2oc3ccccc3c2C)c2nccn2C)cc1. The van der Waals surface area contributed by atoms with E-state index in [1.165, 1.54) is 0 Å². The fraction of sp³-hybridized carbons (Fsp3) is 0.182. The molecule has 0 unspecified atom stereocenters. The number of ether oxygens (including phenoxy) is 1. The maximum atomic E-state index is 13.1.